The highest BCUT2D eigenvalue weighted by atomic mass is 19.1. The van der Waals surface area contributed by atoms with Crippen molar-refractivity contribution < 1.29 is 14.0 Å². The number of hydrogen-bond acceptors (Lipinski definition) is 3. The van der Waals surface area contributed by atoms with Crippen molar-refractivity contribution in [2.75, 3.05) is 14.2 Å². The summed E-state index contributed by atoms with van der Waals surface area (Å²) in [5.41, 5.74) is 5.08. The molecule has 0 N–H and O–H groups in total. The van der Waals surface area contributed by atoms with E-state index in [9.17, 15) is 0 Å². The van der Waals surface area contributed by atoms with Crippen LogP contribution in [0.1, 0.15) is 76.8 Å². The second kappa shape index (κ2) is 9.32. The molecule has 1 saturated heterocycles. The van der Waals surface area contributed by atoms with Gasteiger partial charge >= 0.3 is 0 Å². The van der Waals surface area contributed by atoms with Crippen molar-refractivity contribution in [3.8, 4) is 11.1 Å². The summed E-state index contributed by atoms with van der Waals surface area (Å²) in [7, 11) is 3.51. The number of allylic oxidation sites excluding steroid dienone is 1. The number of piperidine rings is 1. The van der Waals surface area contributed by atoms with E-state index in [0.29, 0.717) is 6.10 Å². The first kappa shape index (κ1) is 24.1. The Balaban J connectivity index is 1.53. The number of hydrogen-bond donors (Lipinski definition) is 0. The summed E-state index contributed by atoms with van der Waals surface area (Å²) in [4.78, 5) is 5.71. The van der Waals surface area contributed by atoms with E-state index in [1.165, 1.54) is 11.1 Å². The average Bonchev–Trinajstić information content (AvgIpc) is 2.78. The molecule has 0 amide bonds. The van der Waals surface area contributed by atoms with Crippen LogP contribution in [0.2, 0.25) is 0 Å². The SMILES string of the molecule is COC1CC=C(c2ccc(-c3ccc(C4CC(C)(C)N(OC)C(C)(C)C4)c(F)c3)cc2)CC1. The fourth-order valence-electron chi connectivity index (χ4n) is 6.18. The Kier molecular flexibility index (Phi) is 6.82. The molecule has 1 fully saturated rings. The lowest BCUT2D eigenvalue weighted by Crippen LogP contribution is -2.59. The van der Waals surface area contributed by atoms with Crippen LogP contribution in [0.15, 0.2) is 48.5 Å². The average molecular weight is 452 g/mol. The fraction of sp³-hybridized carbons (Fsp3) is 0.517. The van der Waals surface area contributed by atoms with E-state index in [2.05, 4.69) is 69.2 Å². The zero-order valence-electron chi connectivity index (χ0n) is 21.0. The van der Waals surface area contributed by atoms with Crippen molar-refractivity contribution in [1.29, 1.82) is 0 Å². The summed E-state index contributed by atoms with van der Waals surface area (Å²) >= 11 is 0. The molecule has 1 heterocycles. The molecule has 3 nitrogen and oxygen atoms in total. The molecule has 1 aliphatic carbocycles. The lowest BCUT2D eigenvalue weighted by atomic mass is 9.72. The largest absolute Gasteiger partial charge is 0.381 e. The van der Waals surface area contributed by atoms with E-state index in [4.69, 9.17) is 9.57 Å². The molecule has 1 aliphatic heterocycles. The van der Waals surface area contributed by atoms with Gasteiger partial charge < -0.3 is 9.57 Å². The molecule has 0 aromatic heterocycles. The van der Waals surface area contributed by atoms with Gasteiger partial charge in [0.1, 0.15) is 5.82 Å². The Labute approximate surface area is 198 Å². The smallest absolute Gasteiger partial charge is 0.127 e. The van der Waals surface area contributed by atoms with Crippen LogP contribution in [0, 0.1) is 5.82 Å². The minimum atomic E-state index is -0.167. The summed E-state index contributed by atoms with van der Waals surface area (Å²) in [6, 6.07) is 14.3. The number of ether oxygens (including phenoxy) is 1. The van der Waals surface area contributed by atoms with Crippen LogP contribution in [-0.2, 0) is 9.57 Å². The molecule has 0 bridgehead atoms. The maximum atomic E-state index is 15.4. The number of nitrogens with zero attached hydrogens (tertiary/aromatic N) is 1. The van der Waals surface area contributed by atoms with E-state index in [1.807, 2.05) is 6.07 Å². The summed E-state index contributed by atoms with van der Waals surface area (Å²) in [6.07, 6.45) is 7.41. The standard InChI is InChI=1S/C29H38FNO2/c1-28(2)18-24(19-29(3,4)31(28)33-6)26-16-13-23(17-27(26)30)22-9-7-20(8-10-22)21-11-14-25(32-5)15-12-21/h7-11,13,16-17,24-25H,12,14-15,18-19H2,1-6H3. The molecule has 33 heavy (non-hydrogen) atoms. The van der Waals surface area contributed by atoms with Crippen LogP contribution in [0.4, 0.5) is 4.39 Å². The lowest BCUT2D eigenvalue weighted by molar-refractivity contribution is -0.266. The van der Waals surface area contributed by atoms with Gasteiger partial charge in [0.15, 0.2) is 0 Å². The Morgan fingerprint density at radius 2 is 1.48 bits per heavy atom. The number of methoxy groups -OCH3 is 1. The van der Waals surface area contributed by atoms with E-state index >= 15 is 4.39 Å². The molecule has 1 unspecified atom stereocenters. The minimum Gasteiger partial charge on any atom is -0.381 e. The van der Waals surface area contributed by atoms with Crippen molar-refractivity contribution in [1.82, 2.24) is 5.06 Å². The lowest BCUT2D eigenvalue weighted by Gasteiger charge is -2.53. The molecule has 2 aliphatic rings. The van der Waals surface area contributed by atoms with E-state index in [1.54, 1.807) is 20.3 Å². The molecule has 1 atom stereocenters. The Hall–Kier alpha value is -2.01. The van der Waals surface area contributed by atoms with Crippen molar-refractivity contribution in [3.05, 3.63) is 65.5 Å². The molecule has 0 saturated carbocycles. The van der Waals surface area contributed by atoms with Crippen LogP contribution < -0.4 is 0 Å². The second-order valence-electron chi connectivity index (χ2n) is 10.9. The predicted octanol–water partition coefficient (Wildman–Crippen LogP) is 7.37. The Bertz CT molecular complexity index is 991. The molecular weight excluding hydrogens is 413 g/mol. The monoisotopic (exact) mass is 451 g/mol. The third kappa shape index (κ3) is 4.94. The summed E-state index contributed by atoms with van der Waals surface area (Å²) in [5.74, 6) is 0.0478. The highest BCUT2D eigenvalue weighted by Gasteiger charge is 2.46. The fourth-order valence-corrected chi connectivity index (χ4v) is 6.18. The molecule has 4 rings (SSSR count). The van der Waals surface area contributed by atoms with Crippen LogP contribution >= 0.6 is 0 Å². The topological polar surface area (TPSA) is 21.7 Å². The molecule has 0 spiro atoms. The zero-order chi connectivity index (χ0) is 23.8. The van der Waals surface area contributed by atoms with Gasteiger partial charge in [-0.1, -0.05) is 42.5 Å². The summed E-state index contributed by atoms with van der Waals surface area (Å²) in [6.45, 7) is 8.70. The van der Waals surface area contributed by atoms with Gasteiger partial charge in [-0.3, -0.25) is 0 Å². The van der Waals surface area contributed by atoms with Gasteiger partial charge in [0, 0.05) is 18.2 Å². The number of rotatable bonds is 5. The molecule has 178 valence electrons. The normalized spacial score (nSPS) is 23.4. The maximum absolute atomic E-state index is 15.4. The van der Waals surface area contributed by atoms with Crippen molar-refractivity contribution in [3.63, 3.8) is 0 Å². The maximum Gasteiger partial charge on any atom is 0.127 e. The molecule has 2 aromatic rings. The van der Waals surface area contributed by atoms with Gasteiger partial charge in [-0.05, 0) is 99.6 Å². The quantitative estimate of drug-likeness (QED) is 0.473. The number of benzene rings is 2. The highest BCUT2D eigenvalue weighted by Crippen LogP contribution is 2.46. The zero-order valence-corrected chi connectivity index (χ0v) is 21.0. The highest BCUT2D eigenvalue weighted by molar-refractivity contribution is 5.71. The van der Waals surface area contributed by atoms with Gasteiger partial charge in [0.05, 0.1) is 13.2 Å². The molecular formula is C29H38FNO2. The van der Waals surface area contributed by atoms with Gasteiger partial charge in [-0.2, -0.15) is 5.06 Å². The van der Waals surface area contributed by atoms with Gasteiger partial charge in [-0.15, -0.1) is 0 Å². The molecule has 0 radical (unpaired) electrons. The van der Waals surface area contributed by atoms with Gasteiger partial charge in [-0.25, -0.2) is 4.39 Å². The van der Waals surface area contributed by atoms with Crippen molar-refractivity contribution in [2.45, 2.75) is 82.9 Å². The number of halogens is 1. The van der Waals surface area contributed by atoms with E-state index in [0.717, 1.165) is 48.8 Å². The van der Waals surface area contributed by atoms with Crippen LogP contribution in [0.3, 0.4) is 0 Å². The first-order valence-electron chi connectivity index (χ1n) is 12.1. The molecule has 4 heteroatoms. The van der Waals surface area contributed by atoms with Crippen LogP contribution in [0.5, 0.6) is 0 Å². The van der Waals surface area contributed by atoms with E-state index < -0.39 is 0 Å². The summed E-state index contributed by atoms with van der Waals surface area (Å²) in [5, 5.41) is 2.07. The number of hydroxylamine groups is 2. The third-order valence-electron chi connectivity index (χ3n) is 7.50. The third-order valence-corrected chi connectivity index (χ3v) is 7.50. The Morgan fingerprint density at radius 1 is 0.879 bits per heavy atom. The van der Waals surface area contributed by atoms with Crippen molar-refractivity contribution in [2.24, 2.45) is 0 Å². The minimum absolute atomic E-state index is 0.111. The Morgan fingerprint density at radius 3 is 2.00 bits per heavy atom. The summed E-state index contributed by atoms with van der Waals surface area (Å²) < 4.78 is 20.8. The van der Waals surface area contributed by atoms with Gasteiger partial charge in [0.2, 0.25) is 0 Å². The second-order valence-corrected chi connectivity index (χ2v) is 10.9. The van der Waals surface area contributed by atoms with E-state index in [-0.39, 0.29) is 22.8 Å². The van der Waals surface area contributed by atoms with Crippen LogP contribution in [0.25, 0.3) is 16.7 Å². The molecule has 2 aromatic carbocycles. The van der Waals surface area contributed by atoms with Gasteiger partial charge in [0.25, 0.3) is 0 Å². The van der Waals surface area contributed by atoms with Crippen LogP contribution in [-0.4, -0.2) is 36.5 Å². The first-order chi connectivity index (χ1) is 15.6. The van der Waals surface area contributed by atoms with Crippen molar-refractivity contribution >= 4 is 5.57 Å². The predicted molar refractivity (Wildman–Crippen MR) is 133 cm³/mol. The first-order valence-corrected chi connectivity index (χ1v) is 12.1.